The van der Waals surface area contributed by atoms with Crippen LogP contribution in [0.1, 0.15) is 25.5 Å². The van der Waals surface area contributed by atoms with Gasteiger partial charge in [0.25, 0.3) is 0 Å². The molecule has 1 unspecified atom stereocenters. The Morgan fingerprint density at radius 1 is 1.47 bits per heavy atom. The summed E-state index contributed by atoms with van der Waals surface area (Å²) in [6, 6.07) is 0. The van der Waals surface area contributed by atoms with Gasteiger partial charge in [-0.2, -0.15) is 5.10 Å². The summed E-state index contributed by atoms with van der Waals surface area (Å²) in [4.78, 5) is 2.50. The molecule has 94 valence electrons. The van der Waals surface area contributed by atoms with Crippen LogP contribution in [0.5, 0.6) is 0 Å². The Hall–Kier alpha value is -1.03. The van der Waals surface area contributed by atoms with Crippen LogP contribution >= 0.6 is 0 Å². The van der Waals surface area contributed by atoms with Gasteiger partial charge in [0.1, 0.15) is 0 Å². The van der Waals surface area contributed by atoms with Crippen LogP contribution in [0.15, 0.2) is 6.20 Å². The topological polar surface area (TPSA) is 33.1 Å². The minimum atomic E-state index is 0.306. The SMILES string of the molecule is Cc1nn(C)cc1N1CCNC(C)(C2CC2)C1. The number of aryl methyl sites for hydroxylation is 2. The van der Waals surface area contributed by atoms with Gasteiger partial charge in [0.2, 0.25) is 0 Å². The smallest absolute Gasteiger partial charge is 0.0827 e. The molecule has 0 aromatic carbocycles. The van der Waals surface area contributed by atoms with Gasteiger partial charge in [-0.15, -0.1) is 0 Å². The third-order valence-electron chi connectivity index (χ3n) is 4.24. The molecule has 3 rings (SSSR count). The molecule has 1 aromatic rings. The average Bonchev–Trinajstić information content (AvgIpc) is 3.06. The van der Waals surface area contributed by atoms with Crippen molar-refractivity contribution < 1.29 is 0 Å². The number of aromatic nitrogens is 2. The predicted octanol–water partition coefficient (Wildman–Crippen LogP) is 1.31. The fourth-order valence-electron chi connectivity index (χ4n) is 3.10. The molecule has 1 aliphatic heterocycles. The highest BCUT2D eigenvalue weighted by atomic mass is 15.3. The number of rotatable bonds is 2. The molecule has 1 saturated heterocycles. The van der Waals surface area contributed by atoms with E-state index in [9.17, 15) is 0 Å². The van der Waals surface area contributed by atoms with Crippen molar-refractivity contribution in [2.45, 2.75) is 32.2 Å². The molecule has 2 heterocycles. The van der Waals surface area contributed by atoms with Crippen LogP contribution < -0.4 is 10.2 Å². The molecule has 0 radical (unpaired) electrons. The first-order chi connectivity index (χ1) is 8.08. The van der Waals surface area contributed by atoms with Crippen LogP contribution in [0.2, 0.25) is 0 Å². The van der Waals surface area contributed by atoms with E-state index < -0.39 is 0 Å². The summed E-state index contributed by atoms with van der Waals surface area (Å²) in [5, 5.41) is 8.16. The molecule has 1 atom stereocenters. The van der Waals surface area contributed by atoms with Gasteiger partial charge in [-0.1, -0.05) is 0 Å². The maximum absolute atomic E-state index is 4.45. The molecule has 2 fully saturated rings. The number of hydrogen-bond acceptors (Lipinski definition) is 3. The summed E-state index contributed by atoms with van der Waals surface area (Å²) in [7, 11) is 2.00. The maximum atomic E-state index is 4.45. The van der Waals surface area contributed by atoms with E-state index in [1.54, 1.807) is 0 Å². The molecular formula is C13H22N4. The summed E-state index contributed by atoms with van der Waals surface area (Å²) in [6.45, 7) is 7.77. The lowest BCUT2D eigenvalue weighted by molar-refractivity contribution is 0.285. The first kappa shape index (κ1) is 11.1. The standard InChI is InChI=1S/C13H22N4/c1-10-12(8-16(3)15-10)17-7-6-14-13(2,9-17)11-4-5-11/h8,11,14H,4-7,9H2,1-3H3. The normalized spacial score (nSPS) is 29.7. The number of hydrogen-bond donors (Lipinski definition) is 1. The first-order valence-electron chi connectivity index (χ1n) is 6.59. The molecule has 0 bridgehead atoms. The number of anilines is 1. The summed E-state index contributed by atoms with van der Waals surface area (Å²) in [5.74, 6) is 0.877. The highest BCUT2D eigenvalue weighted by Crippen LogP contribution is 2.41. The van der Waals surface area contributed by atoms with Crippen molar-refractivity contribution in [2.24, 2.45) is 13.0 Å². The summed E-state index contributed by atoms with van der Waals surface area (Å²) >= 11 is 0. The van der Waals surface area contributed by atoms with Gasteiger partial charge in [-0.05, 0) is 32.6 Å². The molecule has 4 nitrogen and oxygen atoms in total. The Morgan fingerprint density at radius 2 is 2.24 bits per heavy atom. The van der Waals surface area contributed by atoms with Crippen LogP contribution in [0.4, 0.5) is 5.69 Å². The molecule has 4 heteroatoms. The lowest BCUT2D eigenvalue weighted by atomic mass is 9.92. The Bertz CT molecular complexity index is 421. The summed E-state index contributed by atoms with van der Waals surface area (Å²) in [6.07, 6.45) is 4.93. The van der Waals surface area contributed by atoms with Crippen LogP contribution in [-0.2, 0) is 7.05 Å². The van der Waals surface area contributed by atoms with Gasteiger partial charge in [-0.3, -0.25) is 4.68 Å². The summed E-state index contributed by atoms with van der Waals surface area (Å²) < 4.78 is 1.92. The van der Waals surface area contributed by atoms with Gasteiger partial charge in [0.15, 0.2) is 0 Å². The van der Waals surface area contributed by atoms with Crippen molar-refractivity contribution >= 4 is 5.69 Å². The molecule has 0 spiro atoms. The molecular weight excluding hydrogens is 212 g/mol. The predicted molar refractivity (Wildman–Crippen MR) is 69.3 cm³/mol. The van der Waals surface area contributed by atoms with Gasteiger partial charge >= 0.3 is 0 Å². The van der Waals surface area contributed by atoms with Crippen molar-refractivity contribution in [1.29, 1.82) is 0 Å². The number of nitrogens with one attached hydrogen (secondary N) is 1. The second kappa shape index (κ2) is 3.73. The quantitative estimate of drug-likeness (QED) is 0.837. The number of nitrogens with zero attached hydrogens (tertiary/aromatic N) is 3. The monoisotopic (exact) mass is 234 g/mol. The van der Waals surface area contributed by atoms with Crippen LogP contribution in [0.25, 0.3) is 0 Å². The average molecular weight is 234 g/mol. The second-order valence-electron chi connectivity index (χ2n) is 5.81. The molecule has 17 heavy (non-hydrogen) atoms. The highest BCUT2D eigenvalue weighted by Gasteiger charge is 2.44. The first-order valence-corrected chi connectivity index (χ1v) is 6.59. The fourth-order valence-corrected chi connectivity index (χ4v) is 3.10. The zero-order valence-corrected chi connectivity index (χ0v) is 11.0. The summed E-state index contributed by atoms with van der Waals surface area (Å²) in [5.41, 5.74) is 2.76. The van der Waals surface area contributed by atoms with Crippen molar-refractivity contribution in [3.63, 3.8) is 0 Å². The molecule has 1 N–H and O–H groups in total. The minimum Gasteiger partial charge on any atom is -0.366 e. The molecule has 1 aliphatic carbocycles. The van der Waals surface area contributed by atoms with E-state index >= 15 is 0 Å². The van der Waals surface area contributed by atoms with Crippen LogP contribution in [0, 0.1) is 12.8 Å². The van der Waals surface area contributed by atoms with E-state index in [1.165, 1.54) is 18.5 Å². The maximum Gasteiger partial charge on any atom is 0.0827 e. The van der Waals surface area contributed by atoms with Gasteiger partial charge in [0, 0.05) is 38.4 Å². The third-order valence-corrected chi connectivity index (χ3v) is 4.24. The Labute approximate surface area is 103 Å². The highest BCUT2D eigenvalue weighted by molar-refractivity contribution is 5.50. The van der Waals surface area contributed by atoms with Gasteiger partial charge in [0.05, 0.1) is 11.4 Å². The van der Waals surface area contributed by atoms with Gasteiger partial charge < -0.3 is 10.2 Å². The van der Waals surface area contributed by atoms with Crippen molar-refractivity contribution in [1.82, 2.24) is 15.1 Å². The fraction of sp³-hybridized carbons (Fsp3) is 0.769. The Kier molecular flexibility index (Phi) is 2.43. The molecule has 2 aliphatic rings. The zero-order chi connectivity index (χ0) is 12.0. The Morgan fingerprint density at radius 3 is 2.82 bits per heavy atom. The molecule has 1 saturated carbocycles. The Balaban J connectivity index is 1.81. The van der Waals surface area contributed by atoms with Crippen molar-refractivity contribution in [2.75, 3.05) is 24.5 Å². The third kappa shape index (κ3) is 1.95. The lowest BCUT2D eigenvalue weighted by Gasteiger charge is -2.42. The second-order valence-corrected chi connectivity index (χ2v) is 5.81. The van der Waals surface area contributed by atoms with E-state index in [-0.39, 0.29) is 0 Å². The van der Waals surface area contributed by atoms with Crippen molar-refractivity contribution in [3.8, 4) is 0 Å². The van der Waals surface area contributed by atoms with Gasteiger partial charge in [-0.25, -0.2) is 0 Å². The zero-order valence-electron chi connectivity index (χ0n) is 11.0. The van der Waals surface area contributed by atoms with E-state index in [1.807, 2.05) is 11.7 Å². The van der Waals surface area contributed by atoms with Crippen LogP contribution in [-0.4, -0.2) is 35.0 Å². The van der Waals surface area contributed by atoms with Crippen molar-refractivity contribution in [3.05, 3.63) is 11.9 Å². The lowest BCUT2D eigenvalue weighted by Crippen LogP contribution is -2.60. The van der Waals surface area contributed by atoms with E-state index in [0.717, 1.165) is 31.2 Å². The largest absolute Gasteiger partial charge is 0.366 e. The van der Waals surface area contributed by atoms with Crippen LogP contribution in [0.3, 0.4) is 0 Å². The number of piperazine rings is 1. The van der Waals surface area contributed by atoms with E-state index in [0.29, 0.717) is 5.54 Å². The minimum absolute atomic E-state index is 0.306. The van der Waals surface area contributed by atoms with E-state index in [4.69, 9.17) is 0 Å². The van der Waals surface area contributed by atoms with E-state index in [2.05, 4.69) is 35.4 Å². The molecule has 1 aromatic heterocycles. The molecule has 0 amide bonds.